The van der Waals surface area contributed by atoms with Crippen LogP contribution in [-0.2, 0) is 0 Å². The van der Waals surface area contributed by atoms with Crippen LogP contribution in [0.1, 0.15) is 32.1 Å². The number of carbonyl (C=O) groups is 1. The van der Waals surface area contributed by atoms with Gasteiger partial charge in [-0.3, -0.25) is 0 Å². The highest BCUT2D eigenvalue weighted by Crippen LogP contribution is 2.17. The highest BCUT2D eigenvalue weighted by Gasteiger charge is 2.22. The van der Waals surface area contributed by atoms with Crippen LogP contribution in [0.2, 0.25) is 0 Å². The summed E-state index contributed by atoms with van der Waals surface area (Å²) in [5.41, 5.74) is 0. The summed E-state index contributed by atoms with van der Waals surface area (Å²) < 4.78 is 0. The van der Waals surface area contributed by atoms with Crippen LogP contribution in [0, 0.1) is 0 Å². The average molecular weight is 211 g/mol. The van der Waals surface area contributed by atoms with E-state index in [0.717, 1.165) is 32.4 Å². The summed E-state index contributed by atoms with van der Waals surface area (Å²) in [6.45, 7) is 2.14. The van der Waals surface area contributed by atoms with E-state index < -0.39 is 0 Å². The Balaban J connectivity index is 1.68. The molecule has 1 unspecified atom stereocenters. The lowest BCUT2D eigenvalue weighted by Crippen LogP contribution is -2.52. The number of nitrogens with zero attached hydrogens (tertiary/aromatic N) is 1. The van der Waals surface area contributed by atoms with Crippen molar-refractivity contribution in [3.63, 3.8) is 0 Å². The third-order valence-corrected chi connectivity index (χ3v) is 3.40. The van der Waals surface area contributed by atoms with Gasteiger partial charge < -0.3 is 15.5 Å². The summed E-state index contributed by atoms with van der Waals surface area (Å²) in [6, 6.07) is 0.801. The highest BCUT2D eigenvalue weighted by atomic mass is 16.2. The molecule has 1 saturated heterocycles. The van der Waals surface area contributed by atoms with E-state index in [1.807, 2.05) is 0 Å². The van der Waals surface area contributed by atoms with Crippen molar-refractivity contribution in [1.82, 2.24) is 15.5 Å². The molecule has 2 fully saturated rings. The fraction of sp³-hybridized carbons (Fsp3) is 0.909. The van der Waals surface area contributed by atoms with Crippen LogP contribution >= 0.6 is 0 Å². The number of urea groups is 1. The Morgan fingerprint density at radius 3 is 2.40 bits per heavy atom. The molecule has 0 aromatic carbocycles. The molecule has 0 radical (unpaired) electrons. The van der Waals surface area contributed by atoms with Gasteiger partial charge in [0.05, 0.1) is 0 Å². The zero-order chi connectivity index (χ0) is 10.7. The van der Waals surface area contributed by atoms with Crippen LogP contribution in [0.3, 0.4) is 0 Å². The molecule has 1 aliphatic heterocycles. The van der Waals surface area contributed by atoms with Crippen molar-refractivity contribution < 1.29 is 4.79 Å². The van der Waals surface area contributed by atoms with Gasteiger partial charge >= 0.3 is 6.03 Å². The Kier molecular flexibility index (Phi) is 3.46. The lowest BCUT2D eigenvalue weighted by atomic mass is 9.93. The van der Waals surface area contributed by atoms with Gasteiger partial charge in [-0.2, -0.15) is 0 Å². The predicted octanol–water partition coefficient (Wildman–Crippen LogP) is 0.932. The minimum atomic E-state index is 0.0278. The van der Waals surface area contributed by atoms with Crippen molar-refractivity contribution in [3.8, 4) is 0 Å². The molecule has 1 aliphatic carbocycles. The molecule has 0 aromatic rings. The largest absolute Gasteiger partial charge is 0.335 e. The van der Waals surface area contributed by atoms with Crippen molar-refractivity contribution in [1.29, 1.82) is 0 Å². The minimum absolute atomic E-state index is 0.0278. The molecule has 1 saturated carbocycles. The summed E-state index contributed by atoms with van der Waals surface area (Å²) in [5.74, 6) is 0. The maximum atomic E-state index is 11.6. The van der Waals surface area contributed by atoms with Crippen LogP contribution < -0.4 is 10.6 Å². The maximum absolute atomic E-state index is 11.6. The molecule has 0 aromatic heterocycles. The number of piperidine rings is 1. The lowest BCUT2D eigenvalue weighted by Gasteiger charge is -2.32. The molecule has 4 nitrogen and oxygen atoms in total. The summed E-state index contributed by atoms with van der Waals surface area (Å²) in [6.07, 6.45) is 5.86. The van der Waals surface area contributed by atoms with E-state index >= 15 is 0 Å². The normalized spacial score (nSPS) is 28.2. The smallest absolute Gasteiger partial charge is 0.315 e. The number of carbonyl (C=O) groups excluding carboxylic acids is 1. The van der Waals surface area contributed by atoms with Gasteiger partial charge in [-0.25, -0.2) is 4.79 Å². The Morgan fingerprint density at radius 2 is 1.80 bits per heavy atom. The molecule has 0 bridgehead atoms. The van der Waals surface area contributed by atoms with Gasteiger partial charge in [-0.05, 0) is 45.7 Å². The summed E-state index contributed by atoms with van der Waals surface area (Å²) in [5, 5.41) is 6.07. The second-order valence-electron chi connectivity index (χ2n) is 4.85. The molecule has 2 N–H and O–H groups in total. The van der Waals surface area contributed by atoms with Gasteiger partial charge in [-0.1, -0.05) is 0 Å². The van der Waals surface area contributed by atoms with Crippen LogP contribution in [0.4, 0.5) is 4.79 Å². The second kappa shape index (κ2) is 4.84. The number of amides is 2. The SMILES string of the molecule is CN1CCCC(NC(=O)NC2CCC2)C1. The number of hydrogen-bond donors (Lipinski definition) is 2. The lowest BCUT2D eigenvalue weighted by molar-refractivity contribution is 0.202. The highest BCUT2D eigenvalue weighted by molar-refractivity contribution is 5.74. The van der Waals surface area contributed by atoms with E-state index in [0.29, 0.717) is 12.1 Å². The summed E-state index contributed by atoms with van der Waals surface area (Å²) in [7, 11) is 2.11. The minimum Gasteiger partial charge on any atom is -0.335 e. The van der Waals surface area contributed by atoms with Crippen LogP contribution in [-0.4, -0.2) is 43.2 Å². The number of nitrogens with one attached hydrogen (secondary N) is 2. The molecule has 0 spiro atoms. The van der Waals surface area contributed by atoms with Gasteiger partial charge in [0.15, 0.2) is 0 Å². The maximum Gasteiger partial charge on any atom is 0.315 e. The van der Waals surface area contributed by atoms with Crippen molar-refractivity contribution in [2.24, 2.45) is 0 Å². The van der Waals surface area contributed by atoms with Gasteiger partial charge in [-0.15, -0.1) is 0 Å². The summed E-state index contributed by atoms with van der Waals surface area (Å²) >= 11 is 0. The Bertz CT molecular complexity index is 228. The number of hydrogen-bond acceptors (Lipinski definition) is 2. The van der Waals surface area contributed by atoms with Crippen molar-refractivity contribution in [3.05, 3.63) is 0 Å². The van der Waals surface area contributed by atoms with E-state index in [2.05, 4.69) is 22.6 Å². The quantitative estimate of drug-likeness (QED) is 0.713. The molecule has 2 amide bonds. The number of rotatable bonds is 2. The van der Waals surface area contributed by atoms with Crippen LogP contribution in [0.5, 0.6) is 0 Å². The molecule has 2 aliphatic rings. The molecule has 2 rings (SSSR count). The molecular formula is C11H21N3O. The van der Waals surface area contributed by atoms with Crippen LogP contribution in [0.15, 0.2) is 0 Å². The van der Waals surface area contributed by atoms with Crippen molar-refractivity contribution >= 4 is 6.03 Å². The molecule has 15 heavy (non-hydrogen) atoms. The van der Waals surface area contributed by atoms with E-state index in [-0.39, 0.29) is 6.03 Å². The molecule has 1 heterocycles. The topological polar surface area (TPSA) is 44.4 Å². The Hall–Kier alpha value is -0.770. The van der Waals surface area contributed by atoms with Gasteiger partial charge in [0, 0.05) is 18.6 Å². The third-order valence-electron chi connectivity index (χ3n) is 3.40. The Labute approximate surface area is 91.4 Å². The first-order chi connectivity index (χ1) is 7.24. The third kappa shape index (κ3) is 3.09. The standard InChI is InChI=1S/C11H21N3O/c1-14-7-3-6-10(8-14)13-11(15)12-9-4-2-5-9/h9-10H,2-8H2,1H3,(H2,12,13,15). The second-order valence-corrected chi connectivity index (χ2v) is 4.85. The van der Waals surface area contributed by atoms with Gasteiger partial charge in [0.25, 0.3) is 0 Å². The van der Waals surface area contributed by atoms with Crippen LogP contribution in [0.25, 0.3) is 0 Å². The average Bonchev–Trinajstić information content (AvgIpc) is 2.11. The first kappa shape index (κ1) is 10.7. The molecule has 86 valence electrons. The first-order valence-corrected chi connectivity index (χ1v) is 5.99. The van der Waals surface area contributed by atoms with Crippen molar-refractivity contribution in [2.75, 3.05) is 20.1 Å². The van der Waals surface area contributed by atoms with Crippen molar-refractivity contribution in [2.45, 2.75) is 44.2 Å². The van der Waals surface area contributed by atoms with Gasteiger partial charge in [0.1, 0.15) is 0 Å². The summed E-state index contributed by atoms with van der Waals surface area (Å²) in [4.78, 5) is 13.9. The van der Waals surface area contributed by atoms with E-state index in [1.165, 1.54) is 12.8 Å². The monoisotopic (exact) mass is 211 g/mol. The van der Waals surface area contributed by atoms with E-state index in [4.69, 9.17) is 0 Å². The van der Waals surface area contributed by atoms with Gasteiger partial charge in [0.2, 0.25) is 0 Å². The van der Waals surface area contributed by atoms with E-state index in [9.17, 15) is 4.79 Å². The molecule has 4 heteroatoms. The Morgan fingerprint density at radius 1 is 1.13 bits per heavy atom. The molecule has 1 atom stereocenters. The number of likely N-dealkylation sites (tertiary alicyclic amines) is 1. The molecular weight excluding hydrogens is 190 g/mol. The fourth-order valence-corrected chi connectivity index (χ4v) is 2.25. The first-order valence-electron chi connectivity index (χ1n) is 5.99. The van der Waals surface area contributed by atoms with E-state index in [1.54, 1.807) is 0 Å². The number of likely N-dealkylation sites (N-methyl/N-ethyl adjacent to an activating group) is 1. The zero-order valence-electron chi connectivity index (χ0n) is 9.46. The predicted molar refractivity (Wildman–Crippen MR) is 59.8 cm³/mol. The fourth-order valence-electron chi connectivity index (χ4n) is 2.25. The zero-order valence-corrected chi connectivity index (χ0v) is 9.46.